The third-order valence-corrected chi connectivity index (χ3v) is 4.70. The number of hydrogen-bond acceptors (Lipinski definition) is 5. The van der Waals surface area contributed by atoms with E-state index in [4.69, 9.17) is 0 Å². The van der Waals surface area contributed by atoms with Crippen molar-refractivity contribution in [2.75, 3.05) is 23.3 Å². The molecule has 7 heteroatoms. The molecule has 1 aromatic carbocycles. The molecule has 0 aliphatic carbocycles. The van der Waals surface area contributed by atoms with Gasteiger partial charge in [0.2, 0.25) is 0 Å². The van der Waals surface area contributed by atoms with Crippen molar-refractivity contribution >= 4 is 33.1 Å². The van der Waals surface area contributed by atoms with Crippen molar-refractivity contribution in [3.63, 3.8) is 0 Å². The molecule has 0 amide bonds. The number of nitrogens with one attached hydrogen (secondary N) is 1. The zero-order valence-corrected chi connectivity index (χ0v) is 15.0. The van der Waals surface area contributed by atoms with Gasteiger partial charge in [0.15, 0.2) is 0 Å². The Kier molecular flexibility index (Phi) is 4.99. The van der Waals surface area contributed by atoms with Crippen LogP contribution in [0.1, 0.15) is 18.5 Å². The van der Waals surface area contributed by atoms with Crippen LogP contribution >= 0.6 is 15.9 Å². The third-order valence-electron chi connectivity index (χ3n) is 4.21. The Morgan fingerprint density at radius 2 is 2.04 bits per heavy atom. The van der Waals surface area contributed by atoms with Gasteiger partial charge in [-0.05, 0) is 44.0 Å². The van der Waals surface area contributed by atoms with Gasteiger partial charge in [-0.2, -0.15) is 0 Å². The van der Waals surface area contributed by atoms with E-state index in [0.29, 0.717) is 11.7 Å². The molecule has 1 aliphatic rings. The van der Waals surface area contributed by atoms with E-state index in [9.17, 15) is 10.1 Å². The van der Waals surface area contributed by atoms with Crippen LogP contribution < -0.4 is 10.2 Å². The Labute approximate surface area is 149 Å². The predicted octanol–water partition coefficient (Wildman–Crippen LogP) is 4.14. The number of nitrogens with zero attached hydrogens (tertiary/aromatic N) is 3. The normalized spacial score (nSPS) is 15.3. The highest BCUT2D eigenvalue weighted by Gasteiger charge is 2.25. The maximum Gasteiger partial charge on any atom is 0.293 e. The first-order chi connectivity index (χ1) is 11.5. The monoisotopic (exact) mass is 390 g/mol. The SMILES string of the molecule is Cc1cccc(NC2CCN(c3ccc(Br)cc3[N+](=O)[O-])CC2)n1. The number of rotatable bonds is 4. The van der Waals surface area contributed by atoms with E-state index in [2.05, 4.69) is 31.1 Å². The number of nitro benzene ring substituents is 1. The quantitative estimate of drug-likeness (QED) is 0.627. The Morgan fingerprint density at radius 1 is 1.29 bits per heavy atom. The zero-order chi connectivity index (χ0) is 17.1. The van der Waals surface area contributed by atoms with Crippen molar-refractivity contribution in [3.05, 3.63) is 56.7 Å². The molecule has 1 saturated heterocycles. The first-order valence-corrected chi connectivity index (χ1v) is 8.71. The maximum absolute atomic E-state index is 11.3. The van der Waals surface area contributed by atoms with Crippen LogP contribution in [0.4, 0.5) is 17.2 Å². The summed E-state index contributed by atoms with van der Waals surface area (Å²) in [5.41, 5.74) is 1.83. The van der Waals surface area contributed by atoms with Crippen molar-refractivity contribution in [2.24, 2.45) is 0 Å². The van der Waals surface area contributed by atoms with Crippen LogP contribution in [-0.4, -0.2) is 29.0 Å². The second-order valence-electron chi connectivity index (χ2n) is 5.96. The van der Waals surface area contributed by atoms with Crippen LogP contribution in [0.3, 0.4) is 0 Å². The summed E-state index contributed by atoms with van der Waals surface area (Å²) < 4.78 is 0.722. The second kappa shape index (κ2) is 7.17. The third kappa shape index (κ3) is 3.84. The van der Waals surface area contributed by atoms with E-state index in [1.165, 1.54) is 0 Å². The lowest BCUT2D eigenvalue weighted by molar-refractivity contribution is -0.384. The number of hydrogen-bond donors (Lipinski definition) is 1. The van der Waals surface area contributed by atoms with Crippen LogP contribution in [-0.2, 0) is 0 Å². The van der Waals surface area contributed by atoms with Gasteiger partial charge in [-0.15, -0.1) is 0 Å². The number of aromatic nitrogens is 1. The number of anilines is 2. The van der Waals surface area contributed by atoms with Crippen molar-refractivity contribution in [2.45, 2.75) is 25.8 Å². The summed E-state index contributed by atoms with van der Waals surface area (Å²) in [6.45, 7) is 3.54. The van der Waals surface area contributed by atoms with Gasteiger partial charge in [-0.3, -0.25) is 10.1 Å². The van der Waals surface area contributed by atoms with E-state index in [0.717, 1.165) is 41.9 Å². The molecule has 0 bridgehead atoms. The van der Waals surface area contributed by atoms with Crippen LogP contribution in [0.5, 0.6) is 0 Å². The molecule has 0 unspecified atom stereocenters. The zero-order valence-electron chi connectivity index (χ0n) is 13.4. The molecule has 2 aromatic rings. The van der Waals surface area contributed by atoms with E-state index < -0.39 is 0 Å². The minimum atomic E-state index is -0.318. The summed E-state index contributed by atoms with van der Waals surface area (Å²) in [5.74, 6) is 0.892. The molecule has 0 atom stereocenters. The molecule has 1 aromatic heterocycles. The fraction of sp³-hybridized carbons (Fsp3) is 0.353. The molecule has 0 saturated carbocycles. The molecule has 2 heterocycles. The lowest BCUT2D eigenvalue weighted by Gasteiger charge is -2.33. The van der Waals surface area contributed by atoms with Gasteiger partial charge >= 0.3 is 0 Å². The maximum atomic E-state index is 11.3. The summed E-state index contributed by atoms with van der Waals surface area (Å²) in [7, 11) is 0. The summed E-state index contributed by atoms with van der Waals surface area (Å²) in [4.78, 5) is 17.5. The molecule has 1 N–H and O–H groups in total. The number of benzene rings is 1. The molecule has 24 heavy (non-hydrogen) atoms. The summed E-state index contributed by atoms with van der Waals surface area (Å²) in [5, 5.41) is 14.8. The van der Waals surface area contributed by atoms with Crippen LogP contribution in [0, 0.1) is 17.0 Å². The number of pyridine rings is 1. The van der Waals surface area contributed by atoms with Gasteiger partial charge in [0.25, 0.3) is 5.69 Å². The highest BCUT2D eigenvalue weighted by Crippen LogP contribution is 2.33. The minimum Gasteiger partial charge on any atom is -0.367 e. The Balaban J connectivity index is 1.66. The van der Waals surface area contributed by atoms with E-state index >= 15 is 0 Å². The highest BCUT2D eigenvalue weighted by molar-refractivity contribution is 9.10. The highest BCUT2D eigenvalue weighted by atomic mass is 79.9. The average molecular weight is 391 g/mol. The molecule has 6 nitrogen and oxygen atoms in total. The van der Waals surface area contributed by atoms with E-state index in [1.54, 1.807) is 6.07 Å². The number of aryl methyl sites for hydroxylation is 1. The Bertz CT molecular complexity index is 745. The van der Waals surface area contributed by atoms with Gasteiger partial charge in [-0.25, -0.2) is 4.98 Å². The smallest absolute Gasteiger partial charge is 0.293 e. The van der Waals surface area contributed by atoms with Gasteiger partial charge in [0, 0.05) is 35.4 Å². The first-order valence-electron chi connectivity index (χ1n) is 7.92. The second-order valence-corrected chi connectivity index (χ2v) is 6.88. The molecule has 0 spiro atoms. The number of halogens is 1. The summed E-state index contributed by atoms with van der Waals surface area (Å²) in [6, 6.07) is 11.5. The van der Waals surface area contributed by atoms with Crippen LogP contribution in [0.2, 0.25) is 0 Å². The van der Waals surface area contributed by atoms with Crippen molar-refractivity contribution in [1.29, 1.82) is 0 Å². The average Bonchev–Trinajstić information content (AvgIpc) is 2.56. The fourth-order valence-corrected chi connectivity index (χ4v) is 3.36. The topological polar surface area (TPSA) is 71.3 Å². The van der Waals surface area contributed by atoms with Crippen molar-refractivity contribution in [3.8, 4) is 0 Å². The Morgan fingerprint density at radius 3 is 2.71 bits per heavy atom. The Hall–Kier alpha value is -2.15. The molecular formula is C17H19BrN4O2. The van der Waals surface area contributed by atoms with Crippen molar-refractivity contribution in [1.82, 2.24) is 4.98 Å². The van der Waals surface area contributed by atoms with Crippen LogP contribution in [0.15, 0.2) is 40.9 Å². The molecule has 1 fully saturated rings. The summed E-state index contributed by atoms with van der Waals surface area (Å²) >= 11 is 3.30. The number of nitro groups is 1. The fourth-order valence-electron chi connectivity index (χ4n) is 3.01. The van der Waals surface area contributed by atoms with E-state index in [-0.39, 0.29) is 10.6 Å². The predicted molar refractivity (Wildman–Crippen MR) is 98.6 cm³/mol. The van der Waals surface area contributed by atoms with Gasteiger partial charge in [0.1, 0.15) is 11.5 Å². The summed E-state index contributed by atoms with van der Waals surface area (Å²) in [6.07, 6.45) is 1.84. The standard InChI is InChI=1S/C17H19BrN4O2/c1-12-3-2-4-17(19-12)20-14-7-9-21(10-8-14)15-6-5-13(18)11-16(15)22(23)24/h2-6,11,14H,7-10H2,1H3,(H,19,20). The van der Waals surface area contributed by atoms with Crippen LogP contribution in [0.25, 0.3) is 0 Å². The van der Waals surface area contributed by atoms with E-state index in [1.807, 2.05) is 37.3 Å². The van der Waals surface area contributed by atoms with Gasteiger partial charge in [0.05, 0.1) is 4.92 Å². The minimum absolute atomic E-state index is 0.149. The molecule has 0 radical (unpaired) electrons. The molecular weight excluding hydrogens is 372 g/mol. The molecule has 126 valence electrons. The molecule has 1 aliphatic heterocycles. The largest absolute Gasteiger partial charge is 0.367 e. The van der Waals surface area contributed by atoms with Gasteiger partial charge in [-0.1, -0.05) is 22.0 Å². The first kappa shape index (κ1) is 16.7. The molecule has 3 rings (SSSR count). The van der Waals surface area contributed by atoms with Crippen molar-refractivity contribution < 1.29 is 4.92 Å². The number of piperidine rings is 1. The lowest BCUT2D eigenvalue weighted by Crippen LogP contribution is -2.39. The van der Waals surface area contributed by atoms with Gasteiger partial charge < -0.3 is 10.2 Å². The lowest BCUT2D eigenvalue weighted by atomic mass is 10.0.